The van der Waals surface area contributed by atoms with Crippen molar-refractivity contribution in [2.24, 2.45) is 52.1 Å². The minimum absolute atomic E-state index is 0.232. The van der Waals surface area contributed by atoms with Crippen LogP contribution < -0.4 is 5.73 Å². The topological polar surface area (TPSA) is 44.5 Å². The predicted octanol–water partition coefficient (Wildman–Crippen LogP) is 7.69. The van der Waals surface area contributed by atoms with E-state index in [-0.39, 0.29) is 6.10 Å². The Hall–Kier alpha value is -0.380. The summed E-state index contributed by atoms with van der Waals surface area (Å²) in [6.07, 6.45) is 18.7. The molecule has 4 rings (SSSR count). The van der Waals surface area contributed by atoms with E-state index in [2.05, 4.69) is 40.7 Å². The van der Waals surface area contributed by atoms with E-state index in [1.807, 2.05) is 0 Å². The lowest BCUT2D eigenvalue weighted by Crippen LogP contribution is -2.51. The van der Waals surface area contributed by atoms with Crippen molar-refractivity contribution in [3.05, 3.63) is 11.6 Å². The van der Waals surface area contributed by atoms with Gasteiger partial charge >= 0.3 is 0 Å². The van der Waals surface area contributed by atoms with Crippen LogP contribution in [0.2, 0.25) is 0 Å². The van der Waals surface area contributed by atoms with E-state index in [0.29, 0.717) is 24.0 Å². The van der Waals surface area contributed by atoms with Crippen molar-refractivity contribution < 1.29 is 9.78 Å². The van der Waals surface area contributed by atoms with Gasteiger partial charge in [-0.3, -0.25) is 0 Å². The molecular weight excluding hydrogens is 406 g/mol. The molecular formula is C30H53NO2. The zero-order valence-corrected chi connectivity index (χ0v) is 22.4. The number of hydrogen-bond acceptors (Lipinski definition) is 3. The zero-order valence-electron chi connectivity index (χ0n) is 22.4. The minimum atomic E-state index is 0.232. The van der Waals surface area contributed by atoms with Gasteiger partial charge in [0.05, 0.1) is 12.7 Å². The molecule has 33 heavy (non-hydrogen) atoms. The van der Waals surface area contributed by atoms with E-state index in [4.69, 9.17) is 15.5 Å². The highest BCUT2D eigenvalue weighted by Gasteiger charge is 2.59. The number of nitrogens with two attached hydrogens (primary N) is 1. The first-order chi connectivity index (χ1) is 15.8. The zero-order chi connectivity index (χ0) is 23.6. The standard InChI is InChI=1S/C30H53NO2/c1-21(2)8-6-9-22(3)26-12-13-27-25-11-10-23-20-24(33-32-19-7-18-31)14-16-29(23,4)28(25)15-17-30(26,27)5/h10,21-22,24-28H,6-9,11-20,31H2,1-5H3/t22-,24+,25+,26-,27+,28+,29+,30-/m1/s1. The van der Waals surface area contributed by atoms with Crippen LogP contribution in [0.15, 0.2) is 11.6 Å². The molecule has 0 spiro atoms. The first-order valence-electron chi connectivity index (χ1n) is 14.5. The molecule has 3 nitrogen and oxygen atoms in total. The van der Waals surface area contributed by atoms with Crippen LogP contribution in [-0.4, -0.2) is 19.3 Å². The Kier molecular flexibility index (Phi) is 8.34. The highest BCUT2D eigenvalue weighted by Crippen LogP contribution is 2.67. The van der Waals surface area contributed by atoms with Crippen LogP contribution in [0.4, 0.5) is 0 Å². The van der Waals surface area contributed by atoms with Crippen LogP contribution in [-0.2, 0) is 9.78 Å². The molecule has 0 unspecified atom stereocenters. The Balaban J connectivity index is 1.40. The summed E-state index contributed by atoms with van der Waals surface area (Å²) in [5, 5.41) is 0. The summed E-state index contributed by atoms with van der Waals surface area (Å²) in [5.41, 5.74) is 8.23. The van der Waals surface area contributed by atoms with Gasteiger partial charge in [0.15, 0.2) is 0 Å². The lowest BCUT2D eigenvalue weighted by atomic mass is 9.47. The quantitative estimate of drug-likeness (QED) is 0.158. The second-order valence-corrected chi connectivity index (χ2v) is 13.2. The average Bonchev–Trinajstić information content (AvgIpc) is 3.14. The lowest BCUT2D eigenvalue weighted by Gasteiger charge is -2.58. The third-order valence-corrected chi connectivity index (χ3v) is 10.9. The molecule has 0 saturated heterocycles. The largest absolute Gasteiger partial charge is 0.330 e. The highest BCUT2D eigenvalue weighted by molar-refractivity contribution is 5.25. The maximum atomic E-state index is 5.79. The molecule has 0 bridgehead atoms. The van der Waals surface area contributed by atoms with Gasteiger partial charge in [0.1, 0.15) is 0 Å². The summed E-state index contributed by atoms with van der Waals surface area (Å²) in [7, 11) is 0. The molecule has 0 aliphatic heterocycles. The van der Waals surface area contributed by atoms with Crippen LogP contribution in [0.3, 0.4) is 0 Å². The van der Waals surface area contributed by atoms with Crippen molar-refractivity contribution in [3.8, 4) is 0 Å². The first kappa shape index (κ1) is 25.7. The Labute approximate surface area is 204 Å². The van der Waals surface area contributed by atoms with Gasteiger partial charge in [-0.1, -0.05) is 65.5 Å². The van der Waals surface area contributed by atoms with Gasteiger partial charge < -0.3 is 5.73 Å². The van der Waals surface area contributed by atoms with Gasteiger partial charge in [-0.05, 0) is 111 Å². The SMILES string of the molecule is CC(C)CCC[C@@H](C)[C@H]1CC[C@H]2[C@@H]3CC=C4C[C@@H](OOCCCN)CC[C@]4(C)[C@H]3CC[C@]12C. The van der Waals surface area contributed by atoms with Crippen LogP contribution >= 0.6 is 0 Å². The number of hydrogen-bond donors (Lipinski definition) is 1. The molecule has 0 radical (unpaired) electrons. The number of fused-ring (bicyclic) bond motifs is 5. The Morgan fingerprint density at radius 1 is 1.00 bits per heavy atom. The summed E-state index contributed by atoms with van der Waals surface area (Å²) in [4.78, 5) is 11.3. The lowest BCUT2D eigenvalue weighted by molar-refractivity contribution is -0.328. The summed E-state index contributed by atoms with van der Waals surface area (Å²) < 4.78 is 0. The molecule has 0 amide bonds. The van der Waals surface area contributed by atoms with Crippen molar-refractivity contribution >= 4 is 0 Å². The fourth-order valence-electron chi connectivity index (χ4n) is 9.02. The molecule has 0 aromatic rings. The van der Waals surface area contributed by atoms with Gasteiger partial charge in [-0.2, -0.15) is 0 Å². The van der Waals surface area contributed by atoms with Crippen LogP contribution in [0, 0.1) is 46.3 Å². The average molecular weight is 460 g/mol. The van der Waals surface area contributed by atoms with Crippen molar-refractivity contribution in [1.82, 2.24) is 0 Å². The molecule has 3 saturated carbocycles. The van der Waals surface area contributed by atoms with Gasteiger partial charge in [-0.15, -0.1) is 0 Å². The fourth-order valence-corrected chi connectivity index (χ4v) is 9.02. The van der Waals surface area contributed by atoms with Gasteiger partial charge in [0, 0.05) is 0 Å². The molecule has 0 aromatic heterocycles. The third kappa shape index (κ3) is 5.12. The molecule has 8 atom stereocenters. The fraction of sp³-hybridized carbons (Fsp3) is 0.933. The Morgan fingerprint density at radius 2 is 1.82 bits per heavy atom. The number of allylic oxidation sites excluding steroid dienone is 1. The van der Waals surface area contributed by atoms with Crippen molar-refractivity contribution in [3.63, 3.8) is 0 Å². The molecule has 2 N–H and O–H groups in total. The van der Waals surface area contributed by atoms with Crippen molar-refractivity contribution in [2.45, 2.75) is 118 Å². The second kappa shape index (κ2) is 10.7. The Morgan fingerprint density at radius 3 is 2.58 bits per heavy atom. The summed E-state index contributed by atoms with van der Waals surface area (Å²) in [5.74, 6) is 5.42. The molecule has 4 aliphatic carbocycles. The van der Waals surface area contributed by atoms with Crippen LogP contribution in [0.5, 0.6) is 0 Å². The molecule has 4 aliphatic rings. The van der Waals surface area contributed by atoms with Crippen molar-refractivity contribution in [2.75, 3.05) is 13.2 Å². The van der Waals surface area contributed by atoms with E-state index < -0.39 is 0 Å². The van der Waals surface area contributed by atoms with Gasteiger partial charge in [0.2, 0.25) is 0 Å². The van der Waals surface area contributed by atoms with E-state index in [0.717, 1.165) is 54.8 Å². The maximum Gasteiger partial charge on any atom is 0.0967 e. The summed E-state index contributed by atoms with van der Waals surface area (Å²) in [6.45, 7) is 13.9. The smallest absolute Gasteiger partial charge is 0.0967 e. The Bertz CT molecular complexity index is 674. The predicted molar refractivity (Wildman–Crippen MR) is 138 cm³/mol. The summed E-state index contributed by atoms with van der Waals surface area (Å²) >= 11 is 0. The third-order valence-electron chi connectivity index (χ3n) is 10.9. The molecule has 3 fully saturated rings. The monoisotopic (exact) mass is 459 g/mol. The molecule has 190 valence electrons. The first-order valence-corrected chi connectivity index (χ1v) is 14.5. The van der Waals surface area contributed by atoms with E-state index in [1.165, 1.54) is 57.8 Å². The minimum Gasteiger partial charge on any atom is -0.330 e. The van der Waals surface area contributed by atoms with Gasteiger partial charge in [0.25, 0.3) is 0 Å². The van der Waals surface area contributed by atoms with E-state index in [1.54, 1.807) is 5.57 Å². The van der Waals surface area contributed by atoms with E-state index >= 15 is 0 Å². The molecule has 0 aromatic carbocycles. The summed E-state index contributed by atoms with van der Waals surface area (Å²) in [6, 6.07) is 0. The van der Waals surface area contributed by atoms with Crippen molar-refractivity contribution in [1.29, 1.82) is 0 Å². The van der Waals surface area contributed by atoms with Crippen LogP contribution in [0.1, 0.15) is 112 Å². The molecule has 0 heterocycles. The number of rotatable bonds is 10. The normalized spacial score (nSPS) is 41.3. The van der Waals surface area contributed by atoms with Crippen LogP contribution in [0.25, 0.3) is 0 Å². The molecule has 3 heteroatoms. The highest BCUT2D eigenvalue weighted by atomic mass is 17.2. The maximum absolute atomic E-state index is 5.79. The second-order valence-electron chi connectivity index (χ2n) is 13.2. The van der Waals surface area contributed by atoms with E-state index in [9.17, 15) is 0 Å². The van der Waals surface area contributed by atoms with Gasteiger partial charge in [-0.25, -0.2) is 9.78 Å².